The Labute approximate surface area is 158 Å². The highest BCUT2D eigenvalue weighted by Crippen LogP contribution is 2.31. The molecule has 0 radical (unpaired) electrons. The summed E-state index contributed by atoms with van der Waals surface area (Å²) >= 11 is 0. The average Bonchev–Trinajstić information content (AvgIpc) is 2.63. The molecule has 0 spiro atoms. The average molecular weight is 372 g/mol. The zero-order valence-corrected chi connectivity index (χ0v) is 15.9. The third-order valence-corrected chi connectivity index (χ3v) is 4.16. The zero-order chi connectivity index (χ0) is 20.0. The normalized spacial score (nSPS) is 11.6. The predicted octanol–water partition coefficient (Wildman–Crippen LogP) is 4.19. The molecule has 27 heavy (non-hydrogen) atoms. The van der Waals surface area contributed by atoms with Crippen LogP contribution in [0.3, 0.4) is 0 Å². The van der Waals surface area contributed by atoms with E-state index in [0.29, 0.717) is 30.3 Å². The van der Waals surface area contributed by atoms with Crippen LogP contribution in [-0.4, -0.2) is 24.0 Å². The van der Waals surface area contributed by atoms with Gasteiger partial charge in [0, 0.05) is 17.2 Å². The Bertz CT molecular complexity index is 835. The number of nitrogens with one attached hydrogen (secondary N) is 1. The quantitative estimate of drug-likeness (QED) is 0.554. The highest BCUT2D eigenvalue weighted by Gasteiger charge is 2.20. The summed E-state index contributed by atoms with van der Waals surface area (Å²) in [6.45, 7) is 8.22. The van der Waals surface area contributed by atoms with Crippen LogP contribution in [0.4, 0.5) is 5.69 Å². The van der Waals surface area contributed by atoms with Gasteiger partial charge in [0.25, 0.3) is 11.6 Å². The predicted molar refractivity (Wildman–Crippen MR) is 102 cm³/mol. The van der Waals surface area contributed by atoms with Crippen LogP contribution in [0.25, 0.3) is 0 Å². The number of hydrogen-bond acceptors (Lipinski definition) is 5. The largest absolute Gasteiger partial charge is 0.490 e. The van der Waals surface area contributed by atoms with Crippen molar-refractivity contribution >= 4 is 11.6 Å². The lowest BCUT2D eigenvalue weighted by Gasteiger charge is -2.18. The van der Waals surface area contributed by atoms with Crippen LogP contribution in [0, 0.1) is 17.0 Å². The van der Waals surface area contributed by atoms with E-state index in [1.54, 1.807) is 13.0 Å². The fourth-order valence-corrected chi connectivity index (χ4v) is 2.76. The summed E-state index contributed by atoms with van der Waals surface area (Å²) in [6, 6.07) is 9.66. The molecule has 0 heterocycles. The summed E-state index contributed by atoms with van der Waals surface area (Å²) in [7, 11) is 0. The van der Waals surface area contributed by atoms with Crippen LogP contribution in [0.15, 0.2) is 36.4 Å². The number of nitro benzene ring substituents is 1. The summed E-state index contributed by atoms with van der Waals surface area (Å²) in [5.74, 6) is 0.899. The van der Waals surface area contributed by atoms with E-state index < -0.39 is 4.92 Å². The Morgan fingerprint density at radius 3 is 2.44 bits per heavy atom. The van der Waals surface area contributed by atoms with Crippen molar-refractivity contribution < 1.29 is 19.2 Å². The molecule has 1 amide bonds. The number of nitrogens with zero attached hydrogens (tertiary/aromatic N) is 1. The molecule has 144 valence electrons. The van der Waals surface area contributed by atoms with E-state index in [4.69, 9.17) is 9.47 Å². The molecule has 1 unspecified atom stereocenters. The number of carbonyl (C=O) groups excluding carboxylic acids is 1. The standard InChI is InChI=1S/C20H24N2O5/c1-5-26-18-11-10-15(12-19(18)27-6-2)14(4)21-20(23)16-8-7-9-17(13(16)3)22(24)25/h7-12,14H,5-6H2,1-4H3,(H,21,23). The first-order valence-corrected chi connectivity index (χ1v) is 8.83. The molecular weight excluding hydrogens is 348 g/mol. The molecular formula is C20H24N2O5. The molecule has 2 rings (SSSR count). The molecule has 0 saturated carbocycles. The molecule has 1 atom stereocenters. The molecule has 2 aromatic carbocycles. The minimum Gasteiger partial charge on any atom is -0.490 e. The van der Waals surface area contributed by atoms with Gasteiger partial charge in [-0.2, -0.15) is 0 Å². The summed E-state index contributed by atoms with van der Waals surface area (Å²) in [4.78, 5) is 23.2. The Morgan fingerprint density at radius 2 is 1.81 bits per heavy atom. The third kappa shape index (κ3) is 4.75. The SMILES string of the molecule is CCOc1ccc(C(C)NC(=O)c2cccc([N+](=O)[O-])c2C)cc1OCC. The van der Waals surface area contributed by atoms with Crippen LogP contribution >= 0.6 is 0 Å². The van der Waals surface area contributed by atoms with Gasteiger partial charge in [0.1, 0.15) is 0 Å². The number of benzene rings is 2. The molecule has 2 aromatic rings. The van der Waals surface area contributed by atoms with Gasteiger partial charge in [0.05, 0.1) is 24.2 Å². The van der Waals surface area contributed by atoms with Gasteiger partial charge in [-0.1, -0.05) is 12.1 Å². The molecule has 0 saturated heterocycles. The van der Waals surface area contributed by atoms with Gasteiger partial charge in [-0.3, -0.25) is 14.9 Å². The second kappa shape index (κ2) is 9.02. The number of hydrogen-bond donors (Lipinski definition) is 1. The molecule has 0 aliphatic rings. The van der Waals surface area contributed by atoms with E-state index in [0.717, 1.165) is 5.56 Å². The molecule has 0 aromatic heterocycles. The first-order chi connectivity index (χ1) is 12.9. The van der Waals surface area contributed by atoms with Crippen molar-refractivity contribution in [3.63, 3.8) is 0 Å². The van der Waals surface area contributed by atoms with Crippen LogP contribution in [0.2, 0.25) is 0 Å². The number of carbonyl (C=O) groups is 1. The number of amides is 1. The zero-order valence-electron chi connectivity index (χ0n) is 15.9. The second-order valence-electron chi connectivity index (χ2n) is 5.97. The van der Waals surface area contributed by atoms with E-state index in [1.807, 2.05) is 39.0 Å². The highest BCUT2D eigenvalue weighted by atomic mass is 16.6. The van der Waals surface area contributed by atoms with E-state index in [-0.39, 0.29) is 23.2 Å². The first-order valence-electron chi connectivity index (χ1n) is 8.83. The monoisotopic (exact) mass is 372 g/mol. The Morgan fingerprint density at radius 1 is 1.15 bits per heavy atom. The van der Waals surface area contributed by atoms with Crippen molar-refractivity contribution in [3.05, 3.63) is 63.2 Å². The Kier molecular flexibility index (Phi) is 6.76. The van der Waals surface area contributed by atoms with Crippen LogP contribution in [0.1, 0.15) is 48.3 Å². The molecule has 0 aliphatic carbocycles. The van der Waals surface area contributed by atoms with Gasteiger partial charge in [-0.25, -0.2) is 0 Å². The van der Waals surface area contributed by atoms with E-state index in [9.17, 15) is 14.9 Å². The molecule has 7 nitrogen and oxygen atoms in total. The summed E-state index contributed by atoms with van der Waals surface area (Å²) in [6.07, 6.45) is 0. The van der Waals surface area contributed by atoms with E-state index in [1.165, 1.54) is 12.1 Å². The minimum absolute atomic E-state index is 0.0741. The summed E-state index contributed by atoms with van der Waals surface area (Å²) in [5, 5.41) is 14.0. The fraction of sp³-hybridized carbons (Fsp3) is 0.350. The lowest BCUT2D eigenvalue weighted by atomic mass is 10.0. The van der Waals surface area contributed by atoms with Gasteiger partial charge in [-0.15, -0.1) is 0 Å². The number of rotatable bonds is 8. The number of nitro groups is 1. The van der Waals surface area contributed by atoms with Gasteiger partial charge in [0.15, 0.2) is 11.5 Å². The summed E-state index contributed by atoms with van der Waals surface area (Å²) in [5.41, 5.74) is 1.40. The lowest BCUT2D eigenvalue weighted by Crippen LogP contribution is -2.27. The fourth-order valence-electron chi connectivity index (χ4n) is 2.76. The van der Waals surface area contributed by atoms with Crippen LogP contribution in [0.5, 0.6) is 11.5 Å². The molecule has 0 fully saturated rings. The number of ether oxygens (including phenoxy) is 2. The highest BCUT2D eigenvalue weighted by molar-refractivity contribution is 5.96. The van der Waals surface area contributed by atoms with Crippen molar-refractivity contribution in [1.29, 1.82) is 0 Å². The topological polar surface area (TPSA) is 90.7 Å². The molecule has 0 bridgehead atoms. The molecule has 7 heteroatoms. The summed E-state index contributed by atoms with van der Waals surface area (Å²) < 4.78 is 11.2. The van der Waals surface area contributed by atoms with E-state index in [2.05, 4.69) is 5.32 Å². The van der Waals surface area contributed by atoms with Gasteiger partial charge in [0.2, 0.25) is 0 Å². The maximum absolute atomic E-state index is 12.6. The van der Waals surface area contributed by atoms with Crippen molar-refractivity contribution in [1.82, 2.24) is 5.32 Å². The Hall–Kier alpha value is -3.09. The van der Waals surface area contributed by atoms with E-state index >= 15 is 0 Å². The lowest BCUT2D eigenvalue weighted by molar-refractivity contribution is -0.385. The Balaban J connectivity index is 2.23. The smallest absolute Gasteiger partial charge is 0.273 e. The molecule has 1 N–H and O–H groups in total. The maximum atomic E-state index is 12.6. The maximum Gasteiger partial charge on any atom is 0.273 e. The van der Waals surface area contributed by atoms with Gasteiger partial charge >= 0.3 is 0 Å². The van der Waals surface area contributed by atoms with Gasteiger partial charge in [-0.05, 0) is 51.5 Å². The van der Waals surface area contributed by atoms with Crippen molar-refractivity contribution in [2.24, 2.45) is 0 Å². The van der Waals surface area contributed by atoms with Crippen molar-refractivity contribution in [3.8, 4) is 11.5 Å². The third-order valence-electron chi connectivity index (χ3n) is 4.16. The van der Waals surface area contributed by atoms with Crippen molar-refractivity contribution in [2.45, 2.75) is 33.7 Å². The van der Waals surface area contributed by atoms with Crippen LogP contribution in [-0.2, 0) is 0 Å². The van der Waals surface area contributed by atoms with Gasteiger partial charge < -0.3 is 14.8 Å². The first kappa shape index (κ1) is 20.2. The minimum atomic E-state index is -0.490. The van der Waals surface area contributed by atoms with Crippen LogP contribution < -0.4 is 14.8 Å². The van der Waals surface area contributed by atoms with Crippen molar-refractivity contribution in [2.75, 3.05) is 13.2 Å². The second-order valence-corrected chi connectivity index (χ2v) is 5.97. The molecule has 0 aliphatic heterocycles.